The van der Waals surface area contributed by atoms with Gasteiger partial charge in [0.25, 0.3) is 5.91 Å². The van der Waals surface area contributed by atoms with Crippen LogP contribution >= 0.6 is 0 Å². The third-order valence-corrected chi connectivity index (χ3v) is 3.33. The van der Waals surface area contributed by atoms with Gasteiger partial charge in [-0.1, -0.05) is 27.7 Å². The van der Waals surface area contributed by atoms with Crippen LogP contribution in [0.3, 0.4) is 0 Å². The molecule has 0 aromatic heterocycles. The summed E-state index contributed by atoms with van der Waals surface area (Å²) in [6, 6.07) is -0.0878. The summed E-state index contributed by atoms with van der Waals surface area (Å²) in [6.07, 6.45) is 1.26. The number of piperidine rings is 1. The molecule has 1 amide bonds. The summed E-state index contributed by atoms with van der Waals surface area (Å²) in [6.45, 7) is 10.6. The van der Waals surface area contributed by atoms with Gasteiger partial charge < -0.3 is 0 Å². The Morgan fingerprint density at radius 1 is 1.31 bits per heavy atom. The van der Waals surface area contributed by atoms with Gasteiger partial charge in [0, 0.05) is 13.1 Å². The minimum Gasteiger partial charge on any atom is -0.293 e. The van der Waals surface area contributed by atoms with Crippen molar-refractivity contribution in [3.63, 3.8) is 0 Å². The second-order valence-electron chi connectivity index (χ2n) is 5.60. The molecule has 0 saturated carbocycles. The minimum absolute atomic E-state index is 0.0590. The van der Waals surface area contributed by atoms with Gasteiger partial charge >= 0.3 is 0 Å². The van der Waals surface area contributed by atoms with Gasteiger partial charge in [0.05, 0.1) is 6.04 Å². The molecule has 4 heteroatoms. The first-order valence-corrected chi connectivity index (χ1v) is 6.20. The number of nitrogens with zero attached hydrogens (tertiary/aromatic N) is 1. The van der Waals surface area contributed by atoms with Gasteiger partial charge in [-0.3, -0.25) is 15.1 Å². The number of amides is 1. The zero-order chi connectivity index (χ0) is 12.3. The van der Waals surface area contributed by atoms with Crippen molar-refractivity contribution in [2.24, 2.45) is 23.6 Å². The number of carbonyl (C=O) groups is 1. The maximum atomic E-state index is 11.8. The monoisotopic (exact) mass is 227 g/mol. The van der Waals surface area contributed by atoms with Gasteiger partial charge in [0.1, 0.15) is 0 Å². The highest BCUT2D eigenvalue weighted by Gasteiger charge is 2.33. The molecule has 0 radical (unpaired) electrons. The van der Waals surface area contributed by atoms with Gasteiger partial charge in [0.15, 0.2) is 0 Å². The first-order valence-electron chi connectivity index (χ1n) is 6.20. The van der Waals surface area contributed by atoms with Crippen LogP contribution in [-0.2, 0) is 4.79 Å². The van der Waals surface area contributed by atoms with E-state index in [4.69, 9.17) is 5.84 Å². The molecule has 1 rings (SSSR count). The van der Waals surface area contributed by atoms with Gasteiger partial charge in [-0.2, -0.15) is 0 Å². The lowest BCUT2D eigenvalue weighted by Crippen LogP contribution is -2.55. The van der Waals surface area contributed by atoms with Crippen molar-refractivity contribution in [2.75, 3.05) is 13.1 Å². The minimum atomic E-state index is -0.0878. The van der Waals surface area contributed by atoms with Crippen LogP contribution in [0.4, 0.5) is 0 Å². The summed E-state index contributed by atoms with van der Waals surface area (Å²) in [7, 11) is 0. The highest BCUT2D eigenvalue weighted by Crippen LogP contribution is 2.24. The number of hydrogen-bond acceptors (Lipinski definition) is 3. The maximum absolute atomic E-state index is 11.8. The number of nitrogens with one attached hydrogen (secondary N) is 1. The summed E-state index contributed by atoms with van der Waals surface area (Å²) in [5.74, 6) is 6.82. The first kappa shape index (κ1) is 13.5. The van der Waals surface area contributed by atoms with Crippen molar-refractivity contribution < 1.29 is 4.79 Å². The molecule has 0 bridgehead atoms. The summed E-state index contributed by atoms with van der Waals surface area (Å²) in [5, 5.41) is 0. The molecule has 4 nitrogen and oxygen atoms in total. The Morgan fingerprint density at radius 3 is 2.19 bits per heavy atom. The molecule has 1 aliphatic heterocycles. The molecule has 3 unspecified atom stereocenters. The molecule has 0 aromatic carbocycles. The Morgan fingerprint density at radius 2 is 1.81 bits per heavy atom. The fourth-order valence-electron chi connectivity index (χ4n) is 2.91. The Bertz CT molecular complexity index is 232. The lowest BCUT2D eigenvalue weighted by atomic mass is 9.89. The zero-order valence-corrected chi connectivity index (χ0v) is 10.9. The maximum Gasteiger partial charge on any atom is 0.251 e. The molecule has 1 saturated heterocycles. The quantitative estimate of drug-likeness (QED) is 0.429. The topological polar surface area (TPSA) is 58.4 Å². The van der Waals surface area contributed by atoms with E-state index in [0.29, 0.717) is 17.8 Å². The lowest BCUT2D eigenvalue weighted by Gasteiger charge is -2.40. The standard InChI is InChI=1S/C12H25N3O/c1-8(2)11(12(16)14-13)15-6-9(3)5-10(4)7-15/h8-11H,5-7,13H2,1-4H3,(H,14,16). The van der Waals surface area contributed by atoms with E-state index < -0.39 is 0 Å². The van der Waals surface area contributed by atoms with Crippen molar-refractivity contribution in [3.05, 3.63) is 0 Å². The molecule has 1 heterocycles. The van der Waals surface area contributed by atoms with Gasteiger partial charge in [0.2, 0.25) is 0 Å². The number of rotatable bonds is 3. The predicted octanol–water partition coefficient (Wildman–Crippen LogP) is 0.979. The molecule has 3 atom stereocenters. The molecular formula is C12H25N3O. The normalized spacial score (nSPS) is 29.1. The average molecular weight is 227 g/mol. The van der Waals surface area contributed by atoms with Crippen LogP contribution in [0.5, 0.6) is 0 Å². The fourth-order valence-corrected chi connectivity index (χ4v) is 2.91. The van der Waals surface area contributed by atoms with E-state index in [-0.39, 0.29) is 11.9 Å². The van der Waals surface area contributed by atoms with E-state index in [2.05, 4.69) is 38.0 Å². The Kier molecular flexibility index (Phi) is 4.74. The van der Waals surface area contributed by atoms with E-state index >= 15 is 0 Å². The molecule has 0 spiro atoms. The molecule has 0 aliphatic carbocycles. The fraction of sp³-hybridized carbons (Fsp3) is 0.917. The summed E-state index contributed by atoms with van der Waals surface area (Å²) >= 11 is 0. The van der Waals surface area contributed by atoms with E-state index in [0.717, 1.165) is 13.1 Å². The average Bonchev–Trinajstić information content (AvgIpc) is 2.15. The third-order valence-electron chi connectivity index (χ3n) is 3.33. The highest BCUT2D eigenvalue weighted by molar-refractivity contribution is 5.81. The Labute approximate surface area is 98.5 Å². The third kappa shape index (κ3) is 3.19. The van der Waals surface area contributed by atoms with E-state index in [1.165, 1.54) is 6.42 Å². The van der Waals surface area contributed by atoms with Crippen molar-refractivity contribution >= 4 is 5.91 Å². The van der Waals surface area contributed by atoms with Crippen LogP contribution in [0, 0.1) is 17.8 Å². The van der Waals surface area contributed by atoms with Crippen LogP contribution in [0.1, 0.15) is 34.1 Å². The van der Waals surface area contributed by atoms with Crippen LogP contribution in [0.25, 0.3) is 0 Å². The second-order valence-corrected chi connectivity index (χ2v) is 5.60. The van der Waals surface area contributed by atoms with Gasteiger partial charge in [-0.05, 0) is 24.2 Å². The lowest BCUT2D eigenvalue weighted by molar-refractivity contribution is -0.129. The van der Waals surface area contributed by atoms with E-state index in [1.807, 2.05) is 0 Å². The molecule has 0 aromatic rings. The summed E-state index contributed by atoms with van der Waals surface area (Å²) in [5.41, 5.74) is 2.29. The molecular weight excluding hydrogens is 202 g/mol. The second kappa shape index (κ2) is 5.64. The van der Waals surface area contributed by atoms with E-state index in [1.54, 1.807) is 0 Å². The molecule has 16 heavy (non-hydrogen) atoms. The molecule has 1 aliphatic rings. The Balaban J connectivity index is 2.74. The van der Waals surface area contributed by atoms with Crippen LogP contribution in [0.2, 0.25) is 0 Å². The number of hydrogen-bond donors (Lipinski definition) is 2. The summed E-state index contributed by atoms with van der Waals surface area (Å²) < 4.78 is 0. The van der Waals surface area contributed by atoms with Crippen LogP contribution < -0.4 is 11.3 Å². The largest absolute Gasteiger partial charge is 0.293 e. The van der Waals surface area contributed by atoms with Crippen molar-refractivity contribution in [1.82, 2.24) is 10.3 Å². The number of carbonyl (C=O) groups excluding carboxylic acids is 1. The van der Waals surface area contributed by atoms with Crippen LogP contribution in [0.15, 0.2) is 0 Å². The van der Waals surface area contributed by atoms with E-state index in [9.17, 15) is 4.79 Å². The first-order chi connectivity index (χ1) is 7.45. The smallest absolute Gasteiger partial charge is 0.251 e. The summed E-state index contributed by atoms with van der Waals surface area (Å²) in [4.78, 5) is 14.1. The molecule has 3 N–H and O–H groups in total. The number of likely N-dealkylation sites (tertiary alicyclic amines) is 1. The van der Waals surface area contributed by atoms with Crippen molar-refractivity contribution in [2.45, 2.75) is 40.2 Å². The highest BCUT2D eigenvalue weighted by atomic mass is 16.2. The zero-order valence-electron chi connectivity index (χ0n) is 10.9. The molecule has 94 valence electrons. The van der Waals surface area contributed by atoms with Crippen molar-refractivity contribution in [1.29, 1.82) is 0 Å². The Hall–Kier alpha value is -0.610. The van der Waals surface area contributed by atoms with Gasteiger partial charge in [-0.25, -0.2) is 5.84 Å². The number of nitrogens with two attached hydrogens (primary N) is 1. The molecule has 1 fully saturated rings. The van der Waals surface area contributed by atoms with Crippen LogP contribution in [-0.4, -0.2) is 29.9 Å². The van der Waals surface area contributed by atoms with Crippen molar-refractivity contribution in [3.8, 4) is 0 Å². The van der Waals surface area contributed by atoms with Gasteiger partial charge in [-0.15, -0.1) is 0 Å². The number of hydrazine groups is 1. The SMILES string of the molecule is CC1CC(C)CN(C(C(=O)NN)C(C)C)C1. The predicted molar refractivity (Wildman–Crippen MR) is 65.5 cm³/mol.